The Labute approximate surface area is 862 Å². The lowest BCUT2D eigenvalue weighted by Gasteiger charge is -2.52. The lowest BCUT2D eigenvalue weighted by molar-refractivity contribution is 1.19. The van der Waals surface area contributed by atoms with Gasteiger partial charge in [-0.05, 0) is 443 Å². The van der Waals surface area contributed by atoms with E-state index in [1.54, 1.807) is 0 Å². The first-order valence-electron chi connectivity index (χ1n) is 52.2. The van der Waals surface area contributed by atoms with E-state index in [0.29, 0.717) is 0 Å². The van der Waals surface area contributed by atoms with Crippen LogP contribution in [0.5, 0.6) is 0 Å². The number of nitrogens with zero attached hydrogens (tertiary/aromatic N) is 8. The smallest absolute Gasteiger partial charge is 0.252 e. The third-order valence-electron chi connectivity index (χ3n) is 33.3. The Balaban J connectivity index is 0.000000110. The number of anilines is 24. The van der Waals surface area contributed by atoms with Crippen molar-refractivity contribution in [3.63, 3.8) is 0 Å². The average Bonchev–Trinajstić information content (AvgIpc) is 0.667. The maximum atomic E-state index is 2.65. The average molecular weight is 1880 g/mol. The van der Waals surface area contributed by atoms with Crippen LogP contribution in [0.15, 0.2) is 340 Å². The minimum absolute atomic E-state index is 0.0861. The van der Waals surface area contributed by atoms with Crippen molar-refractivity contribution in [2.24, 2.45) is 0 Å². The molecule has 0 amide bonds. The molecule has 19 aromatic carbocycles. The van der Waals surface area contributed by atoms with Gasteiger partial charge in [0.05, 0.1) is 0 Å². The molecule has 0 N–H and O–H groups in total. The fraction of sp³-hybridized carbons (Fsp3) is 0.143. The standard InChI is InChI=1S/C49H41B2N3.C48H39B2N3.C36H33BN2/c1-28-16-18-43-39(26-28)50-37-12-8-10-14-41(37)52(35-22-30(3)20-31(4)23-35)47-34(7)48-46-49(45(47)50)54(43)44-19-17-29(2)27-40(44)51(46)38-13-9-11-15-42(38)53(48)36-24-32(5)21-33(6)25-36;1-28-9-7-11-34(21-28)51-40-23-30(3)13-17-36(40)49-38-19-15-32(5)25-42(38)53-43-26-33(6)16-20-39(43)50-37-18-14-31(4)24-41(37)52(35-12-8-10-29(2)22-35)45-27-44(51)46(49)48(53)47(45)50;1-22-11-15-28(16-12-22)38-33-17-13-23(2)19-31(33)37-30-9-7-8-10-32(30)39(29-20-25(4)27(6)26(5)21-29)36-24(3)14-18-34(38)35(36)37/h8-27H,1-7H3;7-27H,1-6H3;7-21H,1-6H3. The molecule has 0 radical (unpaired) electrons. The van der Waals surface area contributed by atoms with Crippen molar-refractivity contribution in [3.8, 4) is 0 Å². The van der Waals surface area contributed by atoms with Gasteiger partial charge in [0, 0.05) is 136 Å². The van der Waals surface area contributed by atoms with Gasteiger partial charge in [0.1, 0.15) is 0 Å². The van der Waals surface area contributed by atoms with E-state index in [-0.39, 0.29) is 33.6 Å². The number of fused-ring (bicyclic) bond motifs is 24. The van der Waals surface area contributed by atoms with E-state index in [9.17, 15) is 0 Å². The Morgan fingerprint density at radius 2 is 0.418 bits per heavy atom. The molecule has 10 aliphatic heterocycles. The summed E-state index contributed by atoms with van der Waals surface area (Å²) in [6.07, 6.45) is 0. The number of rotatable bonds is 6. The summed E-state index contributed by atoms with van der Waals surface area (Å²) >= 11 is 0. The van der Waals surface area contributed by atoms with Gasteiger partial charge >= 0.3 is 0 Å². The van der Waals surface area contributed by atoms with E-state index in [1.807, 2.05) is 0 Å². The van der Waals surface area contributed by atoms with Gasteiger partial charge < -0.3 is 39.2 Å². The fourth-order valence-corrected chi connectivity index (χ4v) is 27.1. The Kier molecular flexibility index (Phi) is 20.1. The number of para-hydroxylation sites is 3. The molecule has 146 heavy (non-hydrogen) atoms. The zero-order chi connectivity index (χ0) is 99.6. The van der Waals surface area contributed by atoms with Crippen molar-refractivity contribution in [2.75, 3.05) is 39.2 Å². The van der Waals surface area contributed by atoms with E-state index >= 15 is 0 Å². The molecule has 8 nitrogen and oxygen atoms in total. The first-order valence-corrected chi connectivity index (χ1v) is 52.2. The number of hydrogen-bond donors (Lipinski definition) is 0. The van der Waals surface area contributed by atoms with Crippen LogP contribution in [0.3, 0.4) is 0 Å². The summed E-state index contributed by atoms with van der Waals surface area (Å²) in [6, 6.07) is 130. The van der Waals surface area contributed by atoms with Crippen LogP contribution >= 0.6 is 0 Å². The highest BCUT2D eigenvalue weighted by Gasteiger charge is 2.56. The Hall–Kier alpha value is -16.1. The third-order valence-corrected chi connectivity index (χ3v) is 33.3. The van der Waals surface area contributed by atoms with E-state index < -0.39 is 0 Å². The molecule has 13 heteroatoms. The molecule has 0 aliphatic carbocycles. The Morgan fingerprint density at radius 1 is 0.130 bits per heavy atom. The molecule has 0 bridgehead atoms. The quantitative estimate of drug-likeness (QED) is 0.152. The van der Waals surface area contributed by atoms with Gasteiger partial charge in [-0.3, -0.25) is 0 Å². The molecule has 0 fully saturated rings. The van der Waals surface area contributed by atoms with Crippen LogP contribution in [0.1, 0.15) is 106 Å². The molecule has 10 heterocycles. The van der Waals surface area contributed by atoms with E-state index in [1.165, 1.54) is 324 Å². The third kappa shape index (κ3) is 13.2. The van der Waals surface area contributed by atoms with Crippen LogP contribution in [-0.2, 0) is 0 Å². The van der Waals surface area contributed by atoms with Gasteiger partial charge in [0.15, 0.2) is 0 Å². The second-order valence-corrected chi connectivity index (χ2v) is 43.6. The first-order chi connectivity index (χ1) is 70.7. The normalized spacial score (nSPS) is 13.8. The van der Waals surface area contributed by atoms with Crippen LogP contribution < -0.4 is 121 Å². The minimum atomic E-state index is 0.0861. The van der Waals surface area contributed by atoms with Crippen LogP contribution in [0.4, 0.5) is 136 Å². The molecular weight excluding hydrogens is 1760 g/mol. The highest BCUT2D eigenvalue weighted by molar-refractivity contribution is 7.07. The molecular formula is C133H113B5N8. The maximum absolute atomic E-state index is 2.65. The van der Waals surface area contributed by atoms with Gasteiger partial charge in [-0.25, -0.2) is 0 Å². The van der Waals surface area contributed by atoms with E-state index in [2.05, 4.69) is 510 Å². The molecule has 19 aromatic rings. The largest absolute Gasteiger partial charge is 0.312 e. The van der Waals surface area contributed by atoms with Crippen LogP contribution in [-0.4, -0.2) is 33.6 Å². The summed E-state index contributed by atoms with van der Waals surface area (Å²) in [6.45, 7) is 43.0. The summed E-state index contributed by atoms with van der Waals surface area (Å²) in [5, 5.41) is 0. The summed E-state index contributed by atoms with van der Waals surface area (Å²) in [7, 11) is 0. The molecule has 0 unspecified atom stereocenters. The van der Waals surface area contributed by atoms with Gasteiger partial charge in [0.2, 0.25) is 0 Å². The molecule has 10 aliphatic rings. The molecule has 29 rings (SSSR count). The monoisotopic (exact) mass is 1880 g/mol. The molecule has 0 saturated heterocycles. The van der Waals surface area contributed by atoms with Gasteiger partial charge in [-0.2, -0.15) is 0 Å². The zero-order valence-electron chi connectivity index (χ0n) is 86.8. The van der Waals surface area contributed by atoms with Crippen LogP contribution in [0.2, 0.25) is 0 Å². The van der Waals surface area contributed by atoms with E-state index in [0.717, 1.165) is 0 Å². The molecule has 0 spiro atoms. The lowest BCUT2D eigenvalue weighted by atomic mass is 9.28. The molecule has 0 aromatic heterocycles. The summed E-state index contributed by atoms with van der Waals surface area (Å²) in [4.78, 5) is 20.6. The fourth-order valence-electron chi connectivity index (χ4n) is 27.1. The van der Waals surface area contributed by atoms with Gasteiger partial charge in [-0.15, -0.1) is 0 Å². The molecule has 700 valence electrons. The lowest BCUT2D eigenvalue weighted by Crippen LogP contribution is -2.69. The number of aryl methyl sites for hydroxylation is 17. The maximum Gasteiger partial charge on any atom is 0.252 e. The highest BCUT2D eigenvalue weighted by Crippen LogP contribution is 2.56. The SMILES string of the molecule is Cc1cc(C)cc(N2c3ccccc3B3c4cc(C)ccc4N4c5ccc(C)cc5B5c6ccccc6N(c6cc(C)cc(C)c6)c6c(C)c2c3c4c65)c1.Cc1ccc(N2c3ccc(C)cc3B3c4ccccc4N(c4cc(C)c(C)c(C)c4)c4c(C)ccc2c43)cc1.Cc1cccc(N2c3cc(C)ccc3B3c4ccc(C)cc4N4c5cc(C)ccc5B5c6ccc(C)cc6N(c6cccc(C)c6)c6cc2c3c4c65)c1. The molecule has 0 atom stereocenters. The van der Waals surface area contributed by atoms with Crippen LogP contribution in [0.25, 0.3) is 0 Å². The first kappa shape index (κ1) is 88.8. The number of hydrogen-bond acceptors (Lipinski definition) is 8. The zero-order valence-corrected chi connectivity index (χ0v) is 86.8. The van der Waals surface area contributed by atoms with Crippen molar-refractivity contribution in [1.82, 2.24) is 0 Å². The van der Waals surface area contributed by atoms with Crippen molar-refractivity contribution >= 4 is 252 Å². The predicted molar refractivity (Wildman–Crippen MR) is 630 cm³/mol. The second kappa shape index (κ2) is 33.0. The predicted octanol–water partition coefficient (Wildman–Crippen LogP) is 24.4. The Morgan fingerprint density at radius 3 is 0.829 bits per heavy atom. The molecule has 0 saturated carbocycles. The number of benzene rings is 19. The van der Waals surface area contributed by atoms with Crippen molar-refractivity contribution in [2.45, 2.75) is 132 Å². The summed E-state index contributed by atoms with van der Waals surface area (Å²) < 4.78 is 0. The van der Waals surface area contributed by atoms with Crippen molar-refractivity contribution in [3.05, 3.63) is 445 Å². The van der Waals surface area contributed by atoms with Gasteiger partial charge in [-0.1, -0.05) is 216 Å². The van der Waals surface area contributed by atoms with Crippen molar-refractivity contribution < 1.29 is 0 Å². The summed E-state index contributed by atoms with van der Waals surface area (Å²) in [5.74, 6) is 0. The van der Waals surface area contributed by atoms with Gasteiger partial charge in [0.25, 0.3) is 33.6 Å². The summed E-state index contributed by atoms with van der Waals surface area (Å²) in [5.41, 5.74) is 75.5. The topological polar surface area (TPSA) is 25.9 Å². The second-order valence-electron chi connectivity index (χ2n) is 43.6. The Bertz CT molecular complexity index is 8480. The van der Waals surface area contributed by atoms with E-state index in [4.69, 9.17) is 0 Å². The highest BCUT2D eigenvalue weighted by atomic mass is 15.2. The van der Waals surface area contributed by atoms with Crippen molar-refractivity contribution in [1.29, 1.82) is 0 Å². The van der Waals surface area contributed by atoms with Crippen LogP contribution in [0, 0.1) is 132 Å². The minimum Gasteiger partial charge on any atom is -0.312 e.